The molecule has 0 bridgehead atoms. The molecular formula is C9H15N7. The first-order chi connectivity index (χ1) is 7.72. The lowest BCUT2D eigenvalue weighted by Gasteiger charge is -2.05. The van der Waals surface area contributed by atoms with Crippen molar-refractivity contribution >= 4 is 11.5 Å². The molecule has 0 aliphatic rings. The monoisotopic (exact) mass is 221 g/mol. The molecule has 2 aromatic rings. The van der Waals surface area contributed by atoms with Crippen LogP contribution in [-0.4, -0.2) is 25.0 Å². The highest BCUT2D eigenvalue weighted by molar-refractivity contribution is 5.64. The third-order valence-electron chi connectivity index (χ3n) is 2.38. The predicted octanol–water partition coefficient (Wildman–Crippen LogP) is 0.295. The average Bonchev–Trinajstić information content (AvgIpc) is 2.86. The number of nitrogens with zero attached hydrogens (tertiary/aromatic N) is 4. The molecule has 0 unspecified atom stereocenters. The van der Waals surface area contributed by atoms with Gasteiger partial charge in [0.25, 0.3) is 0 Å². The minimum absolute atomic E-state index is 0.548. The number of anilines is 2. The lowest BCUT2D eigenvalue weighted by atomic mass is 10.3. The molecule has 2 rings (SSSR count). The number of nitrogens with one attached hydrogen (secondary N) is 2. The van der Waals surface area contributed by atoms with Crippen LogP contribution in [-0.2, 0) is 20.0 Å². The second-order valence-corrected chi connectivity index (χ2v) is 3.47. The predicted molar refractivity (Wildman–Crippen MR) is 60.7 cm³/mol. The first kappa shape index (κ1) is 10.5. The zero-order valence-corrected chi connectivity index (χ0v) is 9.36. The maximum atomic E-state index is 5.96. The summed E-state index contributed by atoms with van der Waals surface area (Å²) in [5, 5.41) is 14.0. The number of hydrogen-bond acceptors (Lipinski definition) is 5. The van der Waals surface area contributed by atoms with Crippen LogP contribution in [0.25, 0.3) is 0 Å². The topological polar surface area (TPSA) is 97.4 Å². The van der Waals surface area contributed by atoms with Gasteiger partial charge in [0.2, 0.25) is 0 Å². The second-order valence-electron chi connectivity index (χ2n) is 3.47. The number of aromatic amines is 1. The zero-order valence-electron chi connectivity index (χ0n) is 9.36. The van der Waals surface area contributed by atoms with Crippen LogP contribution in [0.3, 0.4) is 0 Å². The fraction of sp³-hybridized carbons (Fsp3) is 0.444. The second kappa shape index (κ2) is 4.21. The molecule has 2 heterocycles. The molecular weight excluding hydrogens is 206 g/mol. The summed E-state index contributed by atoms with van der Waals surface area (Å²) in [4.78, 5) is 4.02. The summed E-state index contributed by atoms with van der Waals surface area (Å²) in [5.74, 6) is 1.58. The van der Waals surface area contributed by atoms with E-state index in [0.29, 0.717) is 12.2 Å². The standard InChI is InChI=1S/C9H15N7/c1-3-6-8(10)9(16(2)15-6)11-4-7-12-5-13-14-7/h5,11H,3-4,10H2,1-2H3,(H,12,13,14). The Labute approximate surface area is 93.1 Å². The van der Waals surface area contributed by atoms with Crippen molar-refractivity contribution in [2.75, 3.05) is 11.1 Å². The minimum Gasteiger partial charge on any atom is -0.394 e. The molecule has 0 aliphatic heterocycles. The Hall–Kier alpha value is -2.05. The number of H-pyrrole nitrogens is 1. The number of hydrogen-bond donors (Lipinski definition) is 3. The van der Waals surface area contributed by atoms with Crippen molar-refractivity contribution in [1.82, 2.24) is 25.0 Å². The summed E-state index contributed by atoms with van der Waals surface area (Å²) in [5.41, 5.74) is 7.57. The van der Waals surface area contributed by atoms with E-state index in [9.17, 15) is 0 Å². The number of aryl methyl sites for hydroxylation is 2. The van der Waals surface area contributed by atoms with E-state index in [4.69, 9.17) is 5.73 Å². The molecule has 0 aliphatic carbocycles. The van der Waals surface area contributed by atoms with Gasteiger partial charge < -0.3 is 11.1 Å². The number of nitrogen functional groups attached to an aromatic ring is 1. The molecule has 7 nitrogen and oxygen atoms in total. The largest absolute Gasteiger partial charge is 0.394 e. The molecule has 0 spiro atoms. The van der Waals surface area contributed by atoms with Crippen LogP contribution in [0.1, 0.15) is 18.4 Å². The normalized spacial score (nSPS) is 10.6. The van der Waals surface area contributed by atoms with Gasteiger partial charge in [-0.05, 0) is 6.42 Å². The fourth-order valence-corrected chi connectivity index (χ4v) is 1.55. The van der Waals surface area contributed by atoms with Gasteiger partial charge in [-0.3, -0.25) is 9.78 Å². The van der Waals surface area contributed by atoms with E-state index in [1.807, 2.05) is 14.0 Å². The van der Waals surface area contributed by atoms with E-state index in [0.717, 1.165) is 23.8 Å². The molecule has 0 saturated heterocycles. The first-order valence-electron chi connectivity index (χ1n) is 5.11. The van der Waals surface area contributed by atoms with E-state index in [2.05, 4.69) is 25.6 Å². The summed E-state index contributed by atoms with van der Waals surface area (Å²) < 4.78 is 1.74. The van der Waals surface area contributed by atoms with Crippen LogP contribution in [0, 0.1) is 0 Å². The van der Waals surface area contributed by atoms with E-state index in [-0.39, 0.29) is 0 Å². The summed E-state index contributed by atoms with van der Waals surface area (Å²) in [6.45, 7) is 2.58. The van der Waals surface area contributed by atoms with Gasteiger partial charge in [0.05, 0.1) is 17.9 Å². The Morgan fingerprint density at radius 1 is 1.56 bits per heavy atom. The highest BCUT2D eigenvalue weighted by Gasteiger charge is 2.11. The van der Waals surface area contributed by atoms with Crippen LogP contribution >= 0.6 is 0 Å². The third-order valence-corrected chi connectivity index (χ3v) is 2.38. The number of rotatable bonds is 4. The summed E-state index contributed by atoms with van der Waals surface area (Å²) in [6.07, 6.45) is 2.30. The summed E-state index contributed by atoms with van der Waals surface area (Å²) >= 11 is 0. The van der Waals surface area contributed by atoms with Gasteiger partial charge in [-0.15, -0.1) is 0 Å². The first-order valence-corrected chi connectivity index (χ1v) is 5.11. The van der Waals surface area contributed by atoms with E-state index in [1.54, 1.807) is 4.68 Å². The Balaban J connectivity index is 2.12. The summed E-state index contributed by atoms with van der Waals surface area (Å²) in [7, 11) is 1.86. The lowest BCUT2D eigenvalue weighted by Crippen LogP contribution is -2.07. The van der Waals surface area contributed by atoms with Crippen molar-refractivity contribution < 1.29 is 0 Å². The molecule has 2 aromatic heterocycles. The Morgan fingerprint density at radius 2 is 2.38 bits per heavy atom. The fourth-order valence-electron chi connectivity index (χ4n) is 1.55. The van der Waals surface area contributed by atoms with Crippen molar-refractivity contribution in [3.05, 3.63) is 17.8 Å². The number of aromatic nitrogens is 5. The zero-order chi connectivity index (χ0) is 11.5. The van der Waals surface area contributed by atoms with Crippen molar-refractivity contribution in [2.45, 2.75) is 19.9 Å². The minimum atomic E-state index is 0.548. The van der Waals surface area contributed by atoms with Gasteiger partial charge in [-0.1, -0.05) is 6.92 Å². The van der Waals surface area contributed by atoms with Crippen LogP contribution in [0.5, 0.6) is 0 Å². The Morgan fingerprint density at radius 3 is 2.94 bits per heavy atom. The van der Waals surface area contributed by atoms with Gasteiger partial charge >= 0.3 is 0 Å². The van der Waals surface area contributed by atoms with Crippen molar-refractivity contribution in [3.8, 4) is 0 Å². The Kier molecular flexibility index (Phi) is 2.76. The molecule has 86 valence electrons. The molecule has 0 aromatic carbocycles. The smallest absolute Gasteiger partial charge is 0.148 e. The molecule has 0 saturated carbocycles. The summed E-state index contributed by atoms with van der Waals surface area (Å²) in [6, 6.07) is 0. The Bertz CT molecular complexity index is 456. The van der Waals surface area contributed by atoms with E-state index < -0.39 is 0 Å². The number of nitrogens with two attached hydrogens (primary N) is 1. The maximum absolute atomic E-state index is 5.96. The van der Waals surface area contributed by atoms with Gasteiger partial charge in [0.1, 0.15) is 18.0 Å². The molecule has 7 heteroatoms. The maximum Gasteiger partial charge on any atom is 0.148 e. The van der Waals surface area contributed by atoms with Crippen molar-refractivity contribution in [3.63, 3.8) is 0 Å². The molecule has 16 heavy (non-hydrogen) atoms. The molecule has 0 fully saturated rings. The van der Waals surface area contributed by atoms with Crippen LogP contribution in [0.4, 0.5) is 11.5 Å². The van der Waals surface area contributed by atoms with Crippen LogP contribution in [0.2, 0.25) is 0 Å². The molecule has 4 N–H and O–H groups in total. The highest BCUT2D eigenvalue weighted by Crippen LogP contribution is 2.22. The van der Waals surface area contributed by atoms with Gasteiger partial charge in [-0.2, -0.15) is 10.2 Å². The lowest BCUT2D eigenvalue weighted by molar-refractivity contribution is 0.745. The highest BCUT2D eigenvalue weighted by atomic mass is 15.3. The molecule has 0 radical (unpaired) electrons. The van der Waals surface area contributed by atoms with Crippen LogP contribution in [0.15, 0.2) is 6.33 Å². The third kappa shape index (κ3) is 1.83. The quantitative estimate of drug-likeness (QED) is 0.689. The van der Waals surface area contributed by atoms with Crippen molar-refractivity contribution in [1.29, 1.82) is 0 Å². The van der Waals surface area contributed by atoms with Crippen LogP contribution < -0.4 is 11.1 Å². The average molecular weight is 221 g/mol. The van der Waals surface area contributed by atoms with Gasteiger partial charge in [-0.25, -0.2) is 4.98 Å². The van der Waals surface area contributed by atoms with E-state index >= 15 is 0 Å². The molecule has 0 atom stereocenters. The van der Waals surface area contributed by atoms with Gasteiger partial charge in [0, 0.05) is 7.05 Å². The van der Waals surface area contributed by atoms with Crippen molar-refractivity contribution in [2.24, 2.45) is 7.05 Å². The van der Waals surface area contributed by atoms with E-state index in [1.165, 1.54) is 6.33 Å². The SMILES string of the molecule is CCc1nn(C)c(NCc2ncn[nH]2)c1N. The molecule has 0 amide bonds. The van der Waals surface area contributed by atoms with Gasteiger partial charge in [0.15, 0.2) is 0 Å².